The second-order valence-corrected chi connectivity index (χ2v) is 5.93. The number of carbonyl (C=O) groups is 1. The third kappa shape index (κ3) is 6.90. The van der Waals surface area contributed by atoms with E-state index in [1.165, 1.54) is 0 Å². The van der Waals surface area contributed by atoms with Gasteiger partial charge in [-0.2, -0.15) is 5.26 Å². The number of aryl methyl sites for hydroxylation is 1. The summed E-state index contributed by atoms with van der Waals surface area (Å²) in [4.78, 5) is 11.3. The molecular weight excluding hydrogens is 344 g/mol. The van der Waals surface area contributed by atoms with Crippen LogP contribution in [0.3, 0.4) is 0 Å². The molecule has 2 aromatic rings. The number of nitrogens with one attached hydrogen (secondary N) is 1. The molecule has 2 aromatic carbocycles. The van der Waals surface area contributed by atoms with Gasteiger partial charge in [-0.15, -0.1) is 0 Å². The summed E-state index contributed by atoms with van der Waals surface area (Å²) in [7, 11) is 1.59. The number of nitrogens with zero attached hydrogens (tertiary/aromatic N) is 1. The maximum absolute atomic E-state index is 11.3. The Hall–Kier alpha value is -3.20. The van der Waals surface area contributed by atoms with Gasteiger partial charge in [-0.1, -0.05) is 18.2 Å². The minimum Gasteiger partial charge on any atom is -0.493 e. The Bertz CT molecular complexity index is 799. The van der Waals surface area contributed by atoms with Gasteiger partial charge in [0.1, 0.15) is 25.4 Å². The first kappa shape index (κ1) is 20.1. The highest BCUT2D eigenvalue weighted by Gasteiger charge is 2.07. The molecule has 6 heteroatoms. The van der Waals surface area contributed by atoms with Crippen molar-refractivity contribution < 1.29 is 19.0 Å². The smallest absolute Gasteiger partial charge is 0.234 e. The minimum atomic E-state index is -0.266. The molecule has 0 saturated carbocycles. The lowest BCUT2D eigenvalue weighted by Gasteiger charge is -2.13. The molecule has 0 aromatic heterocycles. The van der Waals surface area contributed by atoms with E-state index in [1.807, 2.05) is 55.5 Å². The molecule has 0 heterocycles. The first-order chi connectivity index (χ1) is 13.1. The van der Waals surface area contributed by atoms with Crippen molar-refractivity contribution in [1.29, 1.82) is 5.26 Å². The molecule has 0 aliphatic rings. The topological polar surface area (TPSA) is 80.6 Å². The quantitative estimate of drug-likeness (QED) is 0.652. The highest BCUT2D eigenvalue weighted by Crippen LogP contribution is 2.28. The van der Waals surface area contributed by atoms with Crippen molar-refractivity contribution in [2.75, 3.05) is 26.9 Å². The fraction of sp³-hybridized carbons (Fsp3) is 0.333. The van der Waals surface area contributed by atoms with E-state index in [0.717, 1.165) is 16.9 Å². The van der Waals surface area contributed by atoms with Gasteiger partial charge < -0.3 is 19.5 Å². The van der Waals surface area contributed by atoms with E-state index in [9.17, 15) is 4.79 Å². The zero-order valence-electron chi connectivity index (χ0n) is 15.7. The molecule has 0 bridgehead atoms. The van der Waals surface area contributed by atoms with Crippen LogP contribution < -0.4 is 19.5 Å². The van der Waals surface area contributed by atoms with Crippen LogP contribution in [0.4, 0.5) is 0 Å². The van der Waals surface area contributed by atoms with Crippen LogP contribution in [0.15, 0.2) is 42.5 Å². The second kappa shape index (κ2) is 10.7. The number of amides is 1. The molecule has 27 heavy (non-hydrogen) atoms. The Morgan fingerprint density at radius 3 is 2.67 bits per heavy atom. The Morgan fingerprint density at radius 2 is 1.93 bits per heavy atom. The van der Waals surface area contributed by atoms with Gasteiger partial charge in [0.05, 0.1) is 13.2 Å². The molecule has 142 valence electrons. The fourth-order valence-electron chi connectivity index (χ4n) is 2.48. The summed E-state index contributed by atoms with van der Waals surface area (Å²) in [5, 5.41) is 11.2. The summed E-state index contributed by atoms with van der Waals surface area (Å²) in [6.45, 7) is 3.31. The van der Waals surface area contributed by atoms with E-state index < -0.39 is 0 Å². The van der Waals surface area contributed by atoms with Gasteiger partial charge in [0.25, 0.3) is 0 Å². The van der Waals surface area contributed by atoms with Crippen LogP contribution in [-0.2, 0) is 11.2 Å². The highest BCUT2D eigenvalue weighted by molar-refractivity contribution is 5.77. The number of hydrogen-bond acceptors (Lipinski definition) is 5. The largest absolute Gasteiger partial charge is 0.493 e. The predicted molar refractivity (Wildman–Crippen MR) is 102 cm³/mol. The van der Waals surface area contributed by atoms with Gasteiger partial charge in [0.2, 0.25) is 5.91 Å². The summed E-state index contributed by atoms with van der Waals surface area (Å²) in [5.74, 6) is 1.83. The molecule has 0 saturated heterocycles. The first-order valence-corrected chi connectivity index (χ1v) is 8.75. The van der Waals surface area contributed by atoms with Gasteiger partial charge in [-0.3, -0.25) is 4.79 Å². The molecule has 6 nitrogen and oxygen atoms in total. The van der Waals surface area contributed by atoms with E-state index >= 15 is 0 Å². The molecule has 2 rings (SSSR count). The van der Waals surface area contributed by atoms with Crippen LogP contribution in [0.25, 0.3) is 0 Å². The lowest BCUT2D eigenvalue weighted by Crippen LogP contribution is -2.24. The number of ether oxygens (including phenoxy) is 3. The van der Waals surface area contributed by atoms with Crippen molar-refractivity contribution in [1.82, 2.24) is 5.32 Å². The molecule has 0 atom stereocenters. The van der Waals surface area contributed by atoms with Crippen molar-refractivity contribution in [3.05, 3.63) is 53.6 Å². The van der Waals surface area contributed by atoms with Crippen LogP contribution in [0.1, 0.15) is 17.5 Å². The summed E-state index contributed by atoms with van der Waals surface area (Å²) in [6.07, 6.45) is 0.519. The van der Waals surface area contributed by atoms with Crippen LogP contribution in [0.2, 0.25) is 0 Å². The summed E-state index contributed by atoms with van der Waals surface area (Å²) >= 11 is 0. The Kier molecular flexibility index (Phi) is 7.98. The zero-order valence-corrected chi connectivity index (χ0v) is 15.7. The van der Waals surface area contributed by atoms with Gasteiger partial charge in [0.15, 0.2) is 11.5 Å². The number of benzene rings is 2. The lowest BCUT2D eigenvalue weighted by molar-refractivity contribution is -0.120. The van der Waals surface area contributed by atoms with Crippen molar-refractivity contribution in [3.63, 3.8) is 0 Å². The summed E-state index contributed by atoms with van der Waals surface area (Å²) in [6, 6.07) is 15.3. The van der Waals surface area contributed by atoms with E-state index in [4.69, 9.17) is 19.5 Å². The molecule has 0 fully saturated rings. The molecule has 0 unspecified atom stereocenters. The minimum absolute atomic E-state index is 0.124. The number of methoxy groups -OCH3 is 1. The Labute approximate surface area is 159 Å². The predicted octanol–water partition coefficient (Wildman–Crippen LogP) is 3.03. The molecular formula is C21H24N2O4. The third-order valence-corrected chi connectivity index (χ3v) is 3.80. The summed E-state index contributed by atoms with van der Waals surface area (Å²) in [5.41, 5.74) is 2.15. The van der Waals surface area contributed by atoms with Crippen molar-refractivity contribution in [3.8, 4) is 23.3 Å². The fourth-order valence-corrected chi connectivity index (χ4v) is 2.48. The molecule has 0 radical (unpaired) electrons. The zero-order chi connectivity index (χ0) is 19.5. The Balaban J connectivity index is 1.81. The number of carbonyl (C=O) groups excluding carboxylic acids is 1. The second-order valence-electron chi connectivity index (χ2n) is 5.93. The van der Waals surface area contributed by atoms with E-state index in [2.05, 4.69) is 5.32 Å². The molecule has 1 N–H and O–H groups in total. The molecule has 0 aliphatic heterocycles. The van der Waals surface area contributed by atoms with Crippen molar-refractivity contribution in [2.24, 2.45) is 0 Å². The van der Waals surface area contributed by atoms with Crippen molar-refractivity contribution >= 4 is 5.91 Å². The number of nitriles is 1. The average molecular weight is 368 g/mol. The monoisotopic (exact) mass is 368 g/mol. The van der Waals surface area contributed by atoms with Crippen LogP contribution in [0, 0.1) is 18.3 Å². The van der Waals surface area contributed by atoms with E-state index in [-0.39, 0.29) is 12.3 Å². The standard InChI is InChI=1S/C21H24N2O4/c1-16-4-3-5-18(14-16)26-12-13-27-19-7-6-17(15-20(19)25-2)9-11-23-21(24)8-10-22/h3-7,14-15H,8-9,11-13H2,1-2H3,(H,23,24). The number of hydrogen-bond donors (Lipinski definition) is 1. The SMILES string of the molecule is COc1cc(CCNC(=O)CC#N)ccc1OCCOc1cccc(C)c1. The maximum Gasteiger partial charge on any atom is 0.234 e. The lowest BCUT2D eigenvalue weighted by atomic mass is 10.1. The molecule has 0 aliphatic carbocycles. The van der Waals surface area contributed by atoms with Crippen LogP contribution >= 0.6 is 0 Å². The number of rotatable bonds is 10. The van der Waals surface area contributed by atoms with E-state index in [0.29, 0.717) is 37.7 Å². The Morgan fingerprint density at radius 1 is 1.11 bits per heavy atom. The van der Waals surface area contributed by atoms with Gasteiger partial charge in [0, 0.05) is 6.54 Å². The summed E-state index contributed by atoms with van der Waals surface area (Å²) < 4.78 is 16.8. The van der Waals surface area contributed by atoms with Gasteiger partial charge >= 0.3 is 0 Å². The van der Waals surface area contributed by atoms with E-state index in [1.54, 1.807) is 7.11 Å². The van der Waals surface area contributed by atoms with Gasteiger partial charge in [-0.05, 0) is 48.7 Å². The highest BCUT2D eigenvalue weighted by atomic mass is 16.5. The normalized spacial score (nSPS) is 9.96. The van der Waals surface area contributed by atoms with Crippen LogP contribution in [-0.4, -0.2) is 32.8 Å². The third-order valence-electron chi connectivity index (χ3n) is 3.80. The maximum atomic E-state index is 11.3. The first-order valence-electron chi connectivity index (χ1n) is 8.75. The van der Waals surface area contributed by atoms with Crippen LogP contribution in [0.5, 0.6) is 17.2 Å². The average Bonchev–Trinajstić information content (AvgIpc) is 2.66. The van der Waals surface area contributed by atoms with Crippen molar-refractivity contribution in [2.45, 2.75) is 19.8 Å². The van der Waals surface area contributed by atoms with Gasteiger partial charge in [-0.25, -0.2) is 0 Å². The molecule has 1 amide bonds. The molecule has 0 spiro atoms.